The lowest BCUT2D eigenvalue weighted by Gasteiger charge is -2.13. The van der Waals surface area contributed by atoms with Gasteiger partial charge < -0.3 is 16.8 Å². The number of anilines is 2. The van der Waals surface area contributed by atoms with Crippen LogP contribution >= 0.6 is 0 Å². The molecule has 1 aromatic carbocycles. The molecule has 120 valence electrons. The molecule has 0 fully saturated rings. The van der Waals surface area contributed by atoms with E-state index in [-0.39, 0.29) is 29.0 Å². The standard InChI is InChI=1S/C16H19FN6/c1-9(2)22-8-11(13-6-7-21-16(20)23-13)15(19)10-4-3-5-12(18)14(10)17/h3-9,19,22H,18H2,1-2H3,(H2,20,21,23)/b11-8-,19-15?. The number of hydrogen-bond acceptors (Lipinski definition) is 6. The van der Waals surface area contributed by atoms with Gasteiger partial charge in [-0.1, -0.05) is 6.07 Å². The van der Waals surface area contributed by atoms with Gasteiger partial charge in [-0.15, -0.1) is 0 Å². The Hall–Kier alpha value is -2.96. The fraction of sp³-hybridized carbons (Fsp3) is 0.188. The summed E-state index contributed by atoms with van der Waals surface area (Å²) < 4.78 is 14.2. The minimum atomic E-state index is -0.630. The maximum atomic E-state index is 14.2. The first kappa shape index (κ1) is 16.4. The second-order valence-corrected chi connectivity index (χ2v) is 5.26. The van der Waals surface area contributed by atoms with E-state index < -0.39 is 5.82 Å². The highest BCUT2D eigenvalue weighted by atomic mass is 19.1. The number of rotatable bonds is 5. The lowest BCUT2D eigenvalue weighted by Crippen LogP contribution is -2.19. The summed E-state index contributed by atoms with van der Waals surface area (Å²) in [7, 11) is 0. The number of nitrogens with two attached hydrogens (primary N) is 2. The van der Waals surface area contributed by atoms with Gasteiger partial charge >= 0.3 is 0 Å². The highest BCUT2D eigenvalue weighted by molar-refractivity contribution is 6.30. The Morgan fingerprint density at radius 3 is 2.70 bits per heavy atom. The zero-order chi connectivity index (χ0) is 17.0. The normalized spacial score (nSPS) is 11.6. The molecule has 23 heavy (non-hydrogen) atoms. The molecule has 0 aliphatic rings. The molecule has 1 aromatic heterocycles. The van der Waals surface area contributed by atoms with Gasteiger partial charge in [0.15, 0.2) is 5.82 Å². The van der Waals surface area contributed by atoms with Crippen LogP contribution in [0.25, 0.3) is 5.57 Å². The predicted octanol–water partition coefficient (Wildman–Crippen LogP) is 2.19. The molecule has 0 radical (unpaired) electrons. The number of benzene rings is 1. The van der Waals surface area contributed by atoms with E-state index >= 15 is 0 Å². The molecule has 0 aliphatic carbocycles. The molecular weight excluding hydrogens is 295 g/mol. The van der Waals surface area contributed by atoms with Gasteiger partial charge in [0.25, 0.3) is 0 Å². The molecule has 0 bridgehead atoms. The highest BCUT2D eigenvalue weighted by Gasteiger charge is 2.17. The van der Waals surface area contributed by atoms with Crippen molar-refractivity contribution in [3.8, 4) is 0 Å². The van der Waals surface area contributed by atoms with Crippen molar-refractivity contribution in [2.75, 3.05) is 11.5 Å². The van der Waals surface area contributed by atoms with Gasteiger partial charge in [-0.05, 0) is 32.0 Å². The van der Waals surface area contributed by atoms with Crippen LogP contribution in [-0.2, 0) is 0 Å². The van der Waals surface area contributed by atoms with E-state index in [2.05, 4.69) is 15.3 Å². The predicted molar refractivity (Wildman–Crippen MR) is 90.3 cm³/mol. The van der Waals surface area contributed by atoms with Gasteiger partial charge in [0, 0.05) is 29.6 Å². The molecule has 0 saturated carbocycles. The Labute approximate surface area is 134 Å². The first-order chi connectivity index (χ1) is 10.9. The number of hydrogen-bond donors (Lipinski definition) is 4. The van der Waals surface area contributed by atoms with Crippen molar-refractivity contribution in [3.63, 3.8) is 0 Å². The lowest BCUT2D eigenvalue weighted by molar-refractivity contribution is 0.630. The second-order valence-electron chi connectivity index (χ2n) is 5.26. The highest BCUT2D eigenvalue weighted by Crippen LogP contribution is 2.22. The molecule has 2 aromatic rings. The first-order valence-electron chi connectivity index (χ1n) is 7.08. The zero-order valence-electron chi connectivity index (χ0n) is 13.0. The molecule has 6 N–H and O–H groups in total. The van der Waals surface area contributed by atoms with Gasteiger partial charge in [-0.25, -0.2) is 14.4 Å². The number of nitrogens with zero attached hydrogens (tertiary/aromatic N) is 2. The van der Waals surface area contributed by atoms with Crippen LogP contribution in [0, 0.1) is 11.2 Å². The van der Waals surface area contributed by atoms with Gasteiger partial charge in [-0.2, -0.15) is 0 Å². The van der Waals surface area contributed by atoms with Crippen LogP contribution in [-0.4, -0.2) is 21.7 Å². The van der Waals surface area contributed by atoms with Crippen molar-refractivity contribution in [2.24, 2.45) is 0 Å². The van der Waals surface area contributed by atoms with Crippen LogP contribution in [0.1, 0.15) is 25.1 Å². The molecule has 2 rings (SSSR count). The Balaban J connectivity index is 2.51. The summed E-state index contributed by atoms with van der Waals surface area (Å²) in [5.74, 6) is -0.547. The molecule has 0 unspecified atom stereocenters. The minimum absolute atomic E-state index is 0.00869. The fourth-order valence-electron chi connectivity index (χ4n) is 1.94. The zero-order valence-corrected chi connectivity index (χ0v) is 13.0. The number of nitrogen functional groups attached to an aromatic ring is 2. The molecule has 0 saturated heterocycles. The van der Waals surface area contributed by atoms with Gasteiger partial charge in [0.2, 0.25) is 5.95 Å². The number of aromatic nitrogens is 2. The van der Waals surface area contributed by atoms with Crippen molar-refractivity contribution in [1.82, 2.24) is 15.3 Å². The van der Waals surface area contributed by atoms with E-state index in [0.29, 0.717) is 11.3 Å². The van der Waals surface area contributed by atoms with E-state index in [1.165, 1.54) is 18.3 Å². The van der Waals surface area contributed by atoms with E-state index in [9.17, 15) is 4.39 Å². The molecule has 0 aliphatic heterocycles. The molecular formula is C16H19FN6. The SMILES string of the molecule is CC(C)N/C=C(\C(=N)c1cccc(N)c1F)c1ccnc(N)n1. The smallest absolute Gasteiger partial charge is 0.220 e. The molecule has 1 heterocycles. The molecule has 0 atom stereocenters. The van der Waals surface area contributed by atoms with Crippen LogP contribution in [0.2, 0.25) is 0 Å². The maximum Gasteiger partial charge on any atom is 0.220 e. The summed E-state index contributed by atoms with van der Waals surface area (Å²) in [5.41, 5.74) is 12.1. The average Bonchev–Trinajstić information content (AvgIpc) is 2.50. The summed E-state index contributed by atoms with van der Waals surface area (Å²) in [6, 6.07) is 6.31. The van der Waals surface area contributed by atoms with Gasteiger partial charge in [0.05, 0.1) is 17.1 Å². The molecule has 0 spiro atoms. The van der Waals surface area contributed by atoms with Crippen LogP contribution < -0.4 is 16.8 Å². The minimum Gasteiger partial charge on any atom is -0.396 e. The first-order valence-corrected chi connectivity index (χ1v) is 7.08. The Kier molecular flexibility index (Phi) is 4.90. The van der Waals surface area contributed by atoms with Crippen LogP contribution in [0.15, 0.2) is 36.7 Å². The fourth-order valence-corrected chi connectivity index (χ4v) is 1.94. The Morgan fingerprint density at radius 2 is 2.04 bits per heavy atom. The lowest BCUT2D eigenvalue weighted by atomic mass is 9.99. The molecule has 7 heteroatoms. The van der Waals surface area contributed by atoms with Gasteiger partial charge in [-0.3, -0.25) is 5.41 Å². The third-order valence-corrected chi connectivity index (χ3v) is 3.08. The monoisotopic (exact) mass is 314 g/mol. The van der Waals surface area contributed by atoms with Crippen LogP contribution in [0.4, 0.5) is 16.0 Å². The third kappa shape index (κ3) is 3.82. The maximum absolute atomic E-state index is 14.2. The number of nitrogens with one attached hydrogen (secondary N) is 2. The summed E-state index contributed by atoms with van der Waals surface area (Å²) in [6.07, 6.45) is 3.11. The van der Waals surface area contributed by atoms with Crippen molar-refractivity contribution in [3.05, 3.63) is 53.7 Å². The van der Waals surface area contributed by atoms with E-state index in [0.717, 1.165) is 0 Å². The summed E-state index contributed by atoms with van der Waals surface area (Å²) in [6.45, 7) is 3.90. The largest absolute Gasteiger partial charge is 0.396 e. The van der Waals surface area contributed by atoms with E-state index in [1.807, 2.05) is 13.8 Å². The molecule has 0 amide bonds. The molecule has 6 nitrogen and oxygen atoms in total. The summed E-state index contributed by atoms with van der Waals surface area (Å²) in [4.78, 5) is 7.95. The number of allylic oxidation sites excluding steroid dienone is 1. The van der Waals surface area contributed by atoms with Crippen LogP contribution in [0.3, 0.4) is 0 Å². The van der Waals surface area contributed by atoms with Gasteiger partial charge in [0.1, 0.15) is 0 Å². The average molecular weight is 314 g/mol. The number of halogens is 1. The Morgan fingerprint density at radius 1 is 1.30 bits per heavy atom. The van der Waals surface area contributed by atoms with Crippen molar-refractivity contribution in [2.45, 2.75) is 19.9 Å². The van der Waals surface area contributed by atoms with Crippen molar-refractivity contribution in [1.29, 1.82) is 5.41 Å². The third-order valence-electron chi connectivity index (χ3n) is 3.08. The van der Waals surface area contributed by atoms with E-state index in [1.54, 1.807) is 18.3 Å². The Bertz CT molecular complexity index is 754. The summed E-state index contributed by atoms with van der Waals surface area (Å²) >= 11 is 0. The second kappa shape index (κ2) is 6.87. The topological polar surface area (TPSA) is 114 Å². The van der Waals surface area contributed by atoms with Crippen molar-refractivity contribution >= 4 is 22.9 Å². The van der Waals surface area contributed by atoms with E-state index in [4.69, 9.17) is 16.9 Å². The summed E-state index contributed by atoms with van der Waals surface area (Å²) in [5, 5.41) is 11.5. The van der Waals surface area contributed by atoms with Crippen LogP contribution in [0.5, 0.6) is 0 Å². The van der Waals surface area contributed by atoms with Crippen molar-refractivity contribution < 1.29 is 4.39 Å². The quantitative estimate of drug-likeness (QED) is 0.499.